The summed E-state index contributed by atoms with van der Waals surface area (Å²) in [5.74, 6) is 0.943. The number of likely N-dealkylation sites (tertiary alicyclic amines) is 1. The number of hydrogen-bond donors (Lipinski definition) is 1. The zero-order chi connectivity index (χ0) is 20.1. The highest BCUT2D eigenvalue weighted by atomic mass is 16.5. The lowest BCUT2D eigenvalue weighted by molar-refractivity contribution is 0.0583. The number of nitrogens with zero attached hydrogens (tertiary/aromatic N) is 2. The van der Waals surface area contributed by atoms with Crippen LogP contribution in [0, 0.1) is 17.2 Å². The smallest absolute Gasteiger partial charge is 0.120 e. The second-order valence-electron chi connectivity index (χ2n) is 7.95. The molecule has 2 aliphatic rings. The normalized spacial score (nSPS) is 19.5. The van der Waals surface area contributed by atoms with Crippen LogP contribution in [0.1, 0.15) is 24.8 Å². The van der Waals surface area contributed by atoms with Gasteiger partial charge in [-0.05, 0) is 72.5 Å². The molecule has 2 heterocycles. The lowest BCUT2D eigenvalue weighted by Gasteiger charge is -2.30. The Balaban J connectivity index is 1.32. The number of fused-ring (bicyclic) bond motifs is 1. The Morgan fingerprint density at radius 2 is 1.97 bits per heavy atom. The van der Waals surface area contributed by atoms with Crippen molar-refractivity contribution in [1.82, 2.24) is 4.90 Å². The van der Waals surface area contributed by atoms with Gasteiger partial charge in [0, 0.05) is 12.5 Å². The van der Waals surface area contributed by atoms with E-state index in [1.807, 2.05) is 12.1 Å². The van der Waals surface area contributed by atoms with Crippen molar-refractivity contribution < 1.29 is 14.6 Å². The van der Waals surface area contributed by atoms with Gasteiger partial charge in [-0.15, -0.1) is 0 Å². The van der Waals surface area contributed by atoms with Crippen LogP contribution in [0.4, 0.5) is 0 Å². The maximum absolute atomic E-state index is 10.3. The van der Waals surface area contributed by atoms with Gasteiger partial charge in [0.1, 0.15) is 18.5 Å². The molecule has 2 aromatic carbocycles. The van der Waals surface area contributed by atoms with Crippen LogP contribution in [-0.2, 0) is 4.74 Å². The van der Waals surface area contributed by atoms with Crippen molar-refractivity contribution >= 4 is 16.3 Å². The highest BCUT2D eigenvalue weighted by Crippen LogP contribution is 2.27. The summed E-state index contributed by atoms with van der Waals surface area (Å²) in [6.07, 6.45) is 4.36. The van der Waals surface area contributed by atoms with Gasteiger partial charge in [0.2, 0.25) is 0 Å². The van der Waals surface area contributed by atoms with Crippen molar-refractivity contribution in [3.05, 3.63) is 48.0 Å². The standard InChI is InChI=1S/C24H28N2O3/c25-15-18-5-9-26(10-6-18)16-23(27)17-29-24-4-3-21-13-20(1-2-22(21)14-24)19-7-11-28-12-8-19/h1-4,7,13-14,18,23,27H,5-6,8-12,16-17H2. The number of rotatable bonds is 6. The molecule has 4 rings (SSSR count). The molecule has 1 fully saturated rings. The Morgan fingerprint density at radius 1 is 1.17 bits per heavy atom. The van der Waals surface area contributed by atoms with E-state index < -0.39 is 6.10 Å². The monoisotopic (exact) mass is 392 g/mol. The van der Waals surface area contributed by atoms with Crippen molar-refractivity contribution in [3.8, 4) is 11.8 Å². The maximum Gasteiger partial charge on any atom is 0.120 e. The number of β-amino-alcohol motifs (C(OH)–C–C–N with tert-alkyl or cyclic N) is 1. The quantitative estimate of drug-likeness (QED) is 0.813. The molecule has 0 saturated carbocycles. The Kier molecular flexibility index (Phi) is 6.46. The van der Waals surface area contributed by atoms with Gasteiger partial charge in [0.05, 0.1) is 19.3 Å². The zero-order valence-electron chi connectivity index (χ0n) is 16.7. The molecule has 1 N–H and O–H groups in total. The second kappa shape index (κ2) is 9.41. The third kappa shape index (κ3) is 5.16. The molecule has 0 bridgehead atoms. The Labute approximate surface area is 172 Å². The van der Waals surface area contributed by atoms with Gasteiger partial charge in [-0.1, -0.05) is 24.3 Å². The Morgan fingerprint density at radius 3 is 2.72 bits per heavy atom. The Hall–Kier alpha value is -2.39. The minimum atomic E-state index is -0.535. The summed E-state index contributed by atoms with van der Waals surface area (Å²) in [4.78, 5) is 2.22. The van der Waals surface area contributed by atoms with Gasteiger partial charge in [0.15, 0.2) is 0 Å². The first-order chi connectivity index (χ1) is 14.2. The van der Waals surface area contributed by atoms with Crippen LogP contribution in [-0.4, -0.2) is 55.6 Å². The molecule has 5 heteroatoms. The summed E-state index contributed by atoms with van der Waals surface area (Å²) >= 11 is 0. The first-order valence-electron chi connectivity index (χ1n) is 10.4. The zero-order valence-corrected chi connectivity index (χ0v) is 16.7. The van der Waals surface area contributed by atoms with E-state index in [1.54, 1.807) is 0 Å². The van der Waals surface area contributed by atoms with Gasteiger partial charge in [-0.25, -0.2) is 0 Å². The van der Waals surface area contributed by atoms with Crippen molar-refractivity contribution in [2.75, 3.05) is 39.5 Å². The first kappa shape index (κ1) is 19.9. The molecule has 0 aliphatic carbocycles. The van der Waals surface area contributed by atoms with E-state index in [0.717, 1.165) is 50.1 Å². The summed E-state index contributed by atoms with van der Waals surface area (Å²) in [6.45, 7) is 4.09. The van der Waals surface area contributed by atoms with Crippen LogP contribution >= 0.6 is 0 Å². The van der Waals surface area contributed by atoms with Crippen molar-refractivity contribution in [1.29, 1.82) is 5.26 Å². The average molecular weight is 392 g/mol. The number of ether oxygens (including phenoxy) is 2. The van der Waals surface area contributed by atoms with Crippen LogP contribution in [0.5, 0.6) is 5.75 Å². The van der Waals surface area contributed by atoms with Crippen molar-refractivity contribution in [3.63, 3.8) is 0 Å². The van der Waals surface area contributed by atoms with Gasteiger partial charge in [0.25, 0.3) is 0 Å². The molecular formula is C24H28N2O3. The van der Waals surface area contributed by atoms with Gasteiger partial charge < -0.3 is 19.5 Å². The van der Waals surface area contributed by atoms with Crippen LogP contribution < -0.4 is 4.74 Å². The summed E-state index contributed by atoms with van der Waals surface area (Å²) in [6, 6.07) is 14.9. The summed E-state index contributed by atoms with van der Waals surface area (Å²) < 4.78 is 11.2. The number of hydrogen-bond acceptors (Lipinski definition) is 5. The number of nitriles is 1. The largest absolute Gasteiger partial charge is 0.491 e. The molecule has 0 amide bonds. The molecule has 2 aliphatic heterocycles. The molecule has 1 unspecified atom stereocenters. The molecule has 1 saturated heterocycles. The molecule has 1 atom stereocenters. The van der Waals surface area contributed by atoms with Crippen LogP contribution in [0.25, 0.3) is 16.3 Å². The lowest BCUT2D eigenvalue weighted by atomic mass is 9.98. The number of piperidine rings is 1. The number of aliphatic hydroxyl groups excluding tert-OH is 1. The second-order valence-corrected chi connectivity index (χ2v) is 7.95. The highest BCUT2D eigenvalue weighted by Gasteiger charge is 2.20. The molecule has 2 aromatic rings. The lowest BCUT2D eigenvalue weighted by Crippen LogP contribution is -2.40. The highest BCUT2D eigenvalue weighted by molar-refractivity contribution is 5.87. The SMILES string of the molecule is N#CC1CCN(CC(O)COc2ccc3cc(C4=CCOCC4)ccc3c2)CC1. The molecule has 0 radical (unpaired) electrons. The van der Waals surface area contributed by atoms with Crippen LogP contribution in [0.2, 0.25) is 0 Å². The molecule has 0 spiro atoms. The van der Waals surface area contributed by atoms with Gasteiger partial charge in [-0.3, -0.25) is 0 Å². The predicted octanol–water partition coefficient (Wildman–Crippen LogP) is 3.62. The molecule has 152 valence electrons. The number of aliphatic hydroxyl groups is 1. The van der Waals surface area contributed by atoms with E-state index in [9.17, 15) is 5.11 Å². The first-order valence-corrected chi connectivity index (χ1v) is 10.4. The molecule has 0 aromatic heterocycles. The fourth-order valence-electron chi connectivity index (χ4n) is 4.09. The average Bonchev–Trinajstić information content (AvgIpc) is 2.78. The maximum atomic E-state index is 10.3. The fourth-order valence-corrected chi connectivity index (χ4v) is 4.09. The third-order valence-corrected chi connectivity index (χ3v) is 5.83. The third-order valence-electron chi connectivity index (χ3n) is 5.83. The predicted molar refractivity (Wildman–Crippen MR) is 114 cm³/mol. The fraction of sp³-hybridized carbons (Fsp3) is 0.458. The summed E-state index contributed by atoms with van der Waals surface area (Å²) in [7, 11) is 0. The molecular weight excluding hydrogens is 364 g/mol. The Bertz CT molecular complexity index is 910. The summed E-state index contributed by atoms with van der Waals surface area (Å²) in [5, 5.41) is 21.6. The minimum absolute atomic E-state index is 0.167. The van der Waals surface area contributed by atoms with E-state index in [-0.39, 0.29) is 12.5 Å². The van der Waals surface area contributed by atoms with Gasteiger partial charge >= 0.3 is 0 Å². The van der Waals surface area contributed by atoms with Crippen LogP contribution in [0.3, 0.4) is 0 Å². The van der Waals surface area contributed by atoms with Gasteiger partial charge in [-0.2, -0.15) is 5.26 Å². The van der Waals surface area contributed by atoms with Crippen molar-refractivity contribution in [2.24, 2.45) is 5.92 Å². The van der Waals surface area contributed by atoms with E-state index in [2.05, 4.69) is 41.3 Å². The van der Waals surface area contributed by atoms with Crippen molar-refractivity contribution in [2.45, 2.75) is 25.4 Å². The number of benzene rings is 2. The van der Waals surface area contributed by atoms with E-state index in [4.69, 9.17) is 14.7 Å². The summed E-state index contributed by atoms with van der Waals surface area (Å²) in [5.41, 5.74) is 2.60. The molecule has 5 nitrogen and oxygen atoms in total. The topological polar surface area (TPSA) is 65.7 Å². The molecule has 29 heavy (non-hydrogen) atoms. The van der Waals surface area contributed by atoms with E-state index in [0.29, 0.717) is 13.2 Å². The van der Waals surface area contributed by atoms with Crippen LogP contribution in [0.15, 0.2) is 42.5 Å². The van der Waals surface area contributed by atoms with E-state index in [1.165, 1.54) is 16.5 Å². The van der Waals surface area contributed by atoms with E-state index >= 15 is 0 Å². The minimum Gasteiger partial charge on any atom is -0.491 e.